The van der Waals surface area contributed by atoms with E-state index in [0.717, 1.165) is 0 Å². The van der Waals surface area contributed by atoms with E-state index in [1.165, 1.54) is 98.5 Å². The largest absolute Gasteiger partial charge is 0.0991 e. The molecule has 0 saturated heterocycles. The molecule has 3 aliphatic carbocycles. The zero-order chi connectivity index (χ0) is 40.5. The van der Waals surface area contributed by atoms with Crippen molar-refractivity contribution >= 4 is 22.9 Å². The summed E-state index contributed by atoms with van der Waals surface area (Å²) < 4.78 is 0. The van der Waals surface area contributed by atoms with Crippen molar-refractivity contribution in [2.45, 2.75) is 98.8 Å². The van der Waals surface area contributed by atoms with Crippen LogP contribution < -0.4 is 0 Å². The Labute approximate surface area is 344 Å². The molecule has 0 saturated carbocycles. The molecule has 0 heterocycles. The average Bonchev–Trinajstić information content (AvgIpc) is 3.45. The van der Waals surface area contributed by atoms with Crippen LogP contribution in [-0.4, -0.2) is 0 Å². The molecular weight excluding hydrogens is 685 g/mol. The molecule has 1 unspecified atom stereocenters. The van der Waals surface area contributed by atoms with Gasteiger partial charge in [0.15, 0.2) is 0 Å². The summed E-state index contributed by atoms with van der Waals surface area (Å²) >= 11 is 0. The van der Waals surface area contributed by atoms with Crippen molar-refractivity contribution in [1.29, 1.82) is 0 Å². The fourth-order valence-corrected chi connectivity index (χ4v) is 8.48. The second-order valence-electron chi connectivity index (χ2n) is 16.5. The van der Waals surface area contributed by atoms with Crippen molar-refractivity contribution in [2.24, 2.45) is 0 Å². The summed E-state index contributed by atoms with van der Waals surface area (Å²) in [5, 5.41) is 2.59. The minimum absolute atomic E-state index is 0.142. The molecule has 0 radical (unpaired) electrons. The SMILES string of the molecule is C=C/C=C\C.CCC(C)c1cc2c(c3c1C=CCC3)CCC=C2.Cc1ccc(-c2ccc3ccccc3c2)cc1.Cc1ccc2c(c1)C(C)(C)c1cc(C)ccc1-2. The normalized spacial score (nSPS) is 14.4. The summed E-state index contributed by atoms with van der Waals surface area (Å²) in [6.07, 6.45) is 21.1. The van der Waals surface area contributed by atoms with Gasteiger partial charge in [-0.05, 0) is 144 Å². The molecule has 0 aromatic heterocycles. The Morgan fingerprint density at radius 3 is 1.82 bits per heavy atom. The molecule has 0 aliphatic heterocycles. The maximum atomic E-state index is 3.46. The van der Waals surface area contributed by atoms with Crippen molar-refractivity contribution in [1.82, 2.24) is 0 Å². The second kappa shape index (κ2) is 18.7. The number of fused-ring (bicyclic) bond motifs is 7. The summed E-state index contributed by atoms with van der Waals surface area (Å²) in [6, 6.07) is 39.9. The monoisotopic (exact) mass is 746 g/mol. The molecule has 0 nitrogen and oxygen atoms in total. The molecule has 0 amide bonds. The Hall–Kier alpha value is -5.46. The summed E-state index contributed by atoms with van der Waals surface area (Å²) in [5.74, 6) is 0.669. The highest BCUT2D eigenvalue weighted by atomic mass is 14.4. The Kier molecular flexibility index (Phi) is 13.5. The van der Waals surface area contributed by atoms with Crippen LogP contribution in [0.3, 0.4) is 0 Å². The van der Waals surface area contributed by atoms with E-state index in [-0.39, 0.29) is 5.41 Å². The zero-order valence-electron chi connectivity index (χ0n) is 35.8. The molecule has 6 aromatic rings. The highest BCUT2D eigenvalue weighted by Crippen LogP contribution is 2.49. The summed E-state index contributed by atoms with van der Waals surface area (Å²) in [7, 11) is 0. The minimum Gasteiger partial charge on any atom is -0.0991 e. The molecule has 6 aromatic carbocycles. The van der Waals surface area contributed by atoms with Gasteiger partial charge in [-0.3, -0.25) is 0 Å². The highest BCUT2D eigenvalue weighted by molar-refractivity contribution is 5.87. The van der Waals surface area contributed by atoms with Crippen LogP contribution in [0.25, 0.3) is 45.2 Å². The summed E-state index contributed by atoms with van der Waals surface area (Å²) in [6.45, 7) is 21.2. The predicted octanol–water partition coefficient (Wildman–Crippen LogP) is 16.3. The topological polar surface area (TPSA) is 0 Å². The van der Waals surface area contributed by atoms with Gasteiger partial charge in [-0.15, -0.1) is 0 Å². The van der Waals surface area contributed by atoms with Gasteiger partial charge in [-0.1, -0.05) is 197 Å². The summed E-state index contributed by atoms with van der Waals surface area (Å²) in [4.78, 5) is 0. The number of hydrogen-bond donors (Lipinski definition) is 0. The second-order valence-corrected chi connectivity index (χ2v) is 16.5. The van der Waals surface area contributed by atoms with Crippen molar-refractivity contribution in [2.75, 3.05) is 0 Å². The van der Waals surface area contributed by atoms with E-state index in [2.05, 4.69) is 189 Å². The maximum Gasteiger partial charge on any atom is 0.0159 e. The smallest absolute Gasteiger partial charge is 0.0159 e. The molecule has 0 bridgehead atoms. The molecule has 1 atom stereocenters. The third-order valence-corrected chi connectivity index (χ3v) is 12.0. The Balaban J connectivity index is 0.000000136. The number of hydrogen-bond acceptors (Lipinski definition) is 0. The van der Waals surface area contributed by atoms with Crippen molar-refractivity contribution in [3.8, 4) is 22.3 Å². The van der Waals surface area contributed by atoms with Gasteiger partial charge in [0, 0.05) is 5.41 Å². The van der Waals surface area contributed by atoms with Gasteiger partial charge in [-0.25, -0.2) is 0 Å². The molecular formula is C57H62. The lowest BCUT2D eigenvalue weighted by atomic mass is 9.79. The lowest BCUT2D eigenvalue weighted by Crippen LogP contribution is -2.15. The van der Waals surface area contributed by atoms with Gasteiger partial charge >= 0.3 is 0 Å². The Bertz CT molecular complexity index is 2370. The van der Waals surface area contributed by atoms with Crippen molar-refractivity contribution < 1.29 is 0 Å². The van der Waals surface area contributed by atoms with Crippen molar-refractivity contribution in [3.63, 3.8) is 0 Å². The predicted molar refractivity (Wildman–Crippen MR) is 252 cm³/mol. The molecule has 0 heteroatoms. The van der Waals surface area contributed by atoms with E-state index in [0.29, 0.717) is 5.92 Å². The van der Waals surface area contributed by atoms with Gasteiger partial charge in [0.2, 0.25) is 0 Å². The van der Waals surface area contributed by atoms with Crippen LogP contribution in [-0.2, 0) is 18.3 Å². The number of allylic oxidation sites excluding steroid dienone is 5. The number of benzene rings is 6. The third kappa shape index (κ3) is 9.40. The number of aryl methyl sites for hydroxylation is 3. The van der Waals surface area contributed by atoms with E-state index in [9.17, 15) is 0 Å². The van der Waals surface area contributed by atoms with E-state index in [4.69, 9.17) is 0 Å². The fraction of sp³-hybridized carbons (Fsp3) is 0.263. The van der Waals surface area contributed by atoms with Crippen LogP contribution in [0.5, 0.6) is 0 Å². The fourth-order valence-electron chi connectivity index (χ4n) is 8.48. The van der Waals surface area contributed by atoms with E-state index in [1.54, 1.807) is 28.3 Å². The van der Waals surface area contributed by atoms with Crippen LogP contribution in [0.4, 0.5) is 0 Å². The first-order valence-corrected chi connectivity index (χ1v) is 21.1. The van der Waals surface area contributed by atoms with Gasteiger partial charge in [-0.2, -0.15) is 0 Å². The molecule has 0 spiro atoms. The standard InChI is InChI=1S/C18H22.C17H18.C17H14.C5H8/c1-3-13(2)18-12-14-8-4-5-9-15(14)16-10-6-7-11-17(16)18;1-11-5-7-13-14-8-6-12(2)10-16(14)17(3,4)15(13)9-11;1-13-6-8-15(9-7-13)17-11-10-14-4-2-3-5-16(14)12-17;1-3-5-4-2/h4,7-8,11-13H,3,5-6,9-10H2,1-2H3;5-10H,1-4H3;2-12H,1H3;3-5H,1H2,2H3/b;;;5-4-. The van der Waals surface area contributed by atoms with E-state index >= 15 is 0 Å². The first-order valence-electron chi connectivity index (χ1n) is 21.1. The minimum atomic E-state index is 0.142. The third-order valence-electron chi connectivity index (χ3n) is 12.0. The molecule has 57 heavy (non-hydrogen) atoms. The molecule has 0 N–H and O–H groups in total. The molecule has 290 valence electrons. The van der Waals surface area contributed by atoms with Crippen LogP contribution in [0.2, 0.25) is 0 Å². The zero-order valence-corrected chi connectivity index (χ0v) is 35.8. The first-order chi connectivity index (χ1) is 27.5. The highest BCUT2D eigenvalue weighted by Gasteiger charge is 2.35. The quantitative estimate of drug-likeness (QED) is 0.158. The van der Waals surface area contributed by atoms with Gasteiger partial charge in [0.25, 0.3) is 0 Å². The lowest BCUT2D eigenvalue weighted by Gasteiger charge is -2.25. The summed E-state index contributed by atoms with van der Waals surface area (Å²) in [5.41, 5.74) is 20.3. The lowest BCUT2D eigenvalue weighted by molar-refractivity contribution is 0.659. The first kappa shape index (κ1) is 41.2. The molecule has 9 rings (SSSR count). The van der Waals surface area contributed by atoms with Crippen LogP contribution in [0, 0.1) is 20.8 Å². The van der Waals surface area contributed by atoms with Crippen LogP contribution >= 0.6 is 0 Å². The van der Waals surface area contributed by atoms with Gasteiger partial charge in [0.1, 0.15) is 0 Å². The Morgan fingerprint density at radius 1 is 0.649 bits per heavy atom. The van der Waals surface area contributed by atoms with E-state index in [1.807, 2.05) is 19.1 Å². The van der Waals surface area contributed by atoms with Crippen LogP contribution in [0.15, 0.2) is 146 Å². The van der Waals surface area contributed by atoms with Crippen LogP contribution in [0.1, 0.15) is 115 Å². The molecule has 0 fully saturated rings. The Morgan fingerprint density at radius 2 is 1.23 bits per heavy atom. The van der Waals surface area contributed by atoms with E-state index < -0.39 is 0 Å². The van der Waals surface area contributed by atoms with Crippen molar-refractivity contribution in [3.05, 3.63) is 202 Å². The maximum absolute atomic E-state index is 3.46. The van der Waals surface area contributed by atoms with Gasteiger partial charge in [0.05, 0.1) is 0 Å². The van der Waals surface area contributed by atoms with Gasteiger partial charge < -0.3 is 0 Å². The average molecular weight is 747 g/mol. The number of rotatable bonds is 4. The molecule has 3 aliphatic rings.